The molecular formula is C22H44O. The van der Waals surface area contributed by atoms with E-state index in [0.29, 0.717) is 5.92 Å². The largest absolute Gasteiger partial charge is 0.303 e. The van der Waals surface area contributed by atoms with Gasteiger partial charge in [0.15, 0.2) is 0 Å². The second-order valence-electron chi connectivity index (χ2n) is 7.42. The molecule has 0 bridgehead atoms. The van der Waals surface area contributed by atoms with Crippen LogP contribution in [0, 0.1) is 5.92 Å². The van der Waals surface area contributed by atoms with E-state index in [9.17, 15) is 4.79 Å². The van der Waals surface area contributed by atoms with E-state index in [1.54, 1.807) is 0 Å². The lowest BCUT2D eigenvalue weighted by atomic mass is 9.95. The van der Waals surface area contributed by atoms with Gasteiger partial charge in [-0.15, -0.1) is 0 Å². The Morgan fingerprint density at radius 3 is 1.13 bits per heavy atom. The van der Waals surface area contributed by atoms with Crippen molar-refractivity contribution >= 4 is 6.29 Å². The van der Waals surface area contributed by atoms with Crippen LogP contribution in [0.25, 0.3) is 0 Å². The fraction of sp³-hybridized carbons (Fsp3) is 0.955. The molecule has 0 aromatic carbocycles. The van der Waals surface area contributed by atoms with Crippen LogP contribution in [0.5, 0.6) is 0 Å². The van der Waals surface area contributed by atoms with Crippen molar-refractivity contribution in [1.29, 1.82) is 0 Å². The normalized spacial score (nSPS) is 12.4. The summed E-state index contributed by atoms with van der Waals surface area (Å²) < 4.78 is 0. The Morgan fingerprint density at radius 1 is 0.522 bits per heavy atom. The third-order valence-corrected chi connectivity index (χ3v) is 5.05. The lowest BCUT2D eigenvalue weighted by molar-refractivity contribution is -0.111. The number of hydrogen-bond acceptors (Lipinski definition) is 1. The molecule has 0 aromatic rings. The summed E-state index contributed by atoms with van der Waals surface area (Å²) in [6.45, 7) is 4.54. The molecule has 1 heteroatoms. The van der Waals surface area contributed by atoms with Crippen LogP contribution >= 0.6 is 0 Å². The van der Waals surface area contributed by atoms with Gasteiger partial charge in [-0.1, -0.05) is 117 Å². The first kappa shape index (κ1) is 22.7. The maximum Gasteiger partial charge on any atom is 0.123 e. The van der Waals surface area contributed by atoms with Crippen LogP contribution in [-0.4, -0.2) is 6.29 Å². The minimum absolute atomic E-state index is 0.343. The first-order valence-corrected chi connectivity index (χ1v) is 10.8. The Hall–Kier alpha value is -0.330. The molecular weight excluding hydrogens is 280 g/mol. The first-order chi connectivity index (χ1) is 11.3. The third-order valence-electron chi connectivity index (χ3n) is 5.05. The van der Waals surface area contributed by atoms with E-state index in [-0.39, 0.29) is 0 Å². The average Bonchev–Trinajstić information content (AvgIpc) is 2.57. The van der Waals surface area contributed by atoms with Crippen LogP contribution in [0.4, 0.5) is 0 Å². The summed E-state index contributed by atoms with van der Waals surface area (Å²) in [4.78, 5) is 11.2. The summed E-state index contributed by atoms with van der Waals surface area (Å²) in [5.74, 6) is 0.343. The standard InChI is InChI=1S/C22H44O/c1-3-5-7-9-11-12-14-16-18-20-22(21-23)19-17-15-13-10-8-6-4-2/h21-22H,3-20H2,1-2H3. The van der Waals surface area contributed by atoms with Crippen LogP contribution < -0.4 is 0 Å². The van der Waals surface area contributed by atoms with E-state index in [0.717, 1.165) is 12.8 Å². The van der Waals surface area contributed by atoms with Gasteiger partial charge >= 0.3 is 0 Å². The minimum Gasteiger partial charge on any atom is -0.303 e. The van der Waals surface area contributed by atoms with E-state index in [1.165, 1.54) is 109 Å². The lowest BCUT2D eigenvalue weighted by Gasteiger charge is -2.10. The highest BCUT2D eigenvalue weighted by Crippen LogP contribution is 2.18. The average molecular weight is 325 g/mol. The zero-order valence-corrected chi connectivity index (χ0v) is 16.3. The molecule has 0 saturated carbocycles. The van der Waals surface area contributed by atoms with Gasteiger partial charge in [0.25, 0.3) is 0 Å². The molecule has 0 aliphatic rings. The van der Waals surface area contributed by atoms with E-state index >= 15 is 0 Å². The van der Waals surface area contributed by atoms with E-state index in [1.807, 2.05) is 0 Å². The quantitative estimate of drug-likeness (QED) is 0.174. The van der Waals surface area contributed by atoms with Gasteiger partial charge in [0.2, 0.25) is 0 Å². The molecule has 0 rings (SSSR count). The second-order valence-corrected chi connectivity index (χ2v) is 7.42. The summed E-state index contributed by atoms with van der Waals surface area (Å²) >= 11 is 0. The Bertz CT molecular complexity index is 224. The molecule has 0 heterocycles. The van der Waals surface area contributed by atoms with E-state index in [4.69, 9.17) is 0 Å². The summed E-state index contributed by atoms with van der Waals surface area (Å²) in [5.41, 5.74) is 0. The molecule has 0 saturated heterocycles. The second kappa shape index (κ2) is 19.7. The molecule has 0 N–H and O–H groups in total. The zero-order valence-electron chi connectivity index (χ0n) is 16.3. The SMILES string of the molecule is CCCCCCCCCCCC(C=O)CCCCCCCCC. The molecule has 138 valence electrons. The van der Waals surface area contributed by atoms with Gasteiger partial charge in [0, 0.05) is 5.92 Å². The molecule has 0 fully saturated rings. The van der Waals surface area contributed by atoms with Crippen molar-refractivity contribution < 1.29 is 4.79 Å². The van der Waals surface area contributed by atoms with E-state index in [2.05, 4.69) is 13.8 Å². The molecule has 1 unspecified atom stereocenters. The van der Waals surface area contributed by atoms with Gasteiger partial charge in [-0.05, 0) is 12.8 Å². The maximum atomic E-state index is 11.2. The van der Waals surface area contributed by atoms with Crippen molar-refractivity contribution in [2.45, 2.75) is 129 Å². The molecule has 0 aromatic heterocycles. The van der Waals surface area contributed by atoms with Crippen LogP contribution in [0.2, 0.25) is 0 Å². The molecule has 23 heavy (non-hydrogen) atoms. The van der Waals surface area contributed by atoms with Crippen LogP contribution in [-0.2, 0) is 4.79 Å². The number of rotatable bonds is 19. The third kappa shape index (κ3) is 17.9. The van der Waals surface area contributed by atoms with E-state index < -0.39 is 0 Å². The summed E-state index contributed by atoms with van der Waals surface area (Å²) in [7, 11) is 0. The summed E-state index contributed by atoms with van der Waals surface area (Å²) in [6, 6.07) is 0. The molecule has 0 aliphatic heterocycles. The topological polar surface area (TPSA) is 17.1 Å². The van der Waals surface area contributed by atoms with Crippen molar-refractivity contribution in [3.63, 3.8) is 0 Å². The van der Waals surface area contributed by atoms with Gasteiger partial charge < -0.3 is 4.79 Å². The number of carbonyl (C=O) groups excluding carboxylic acids is 1. The fourth-order valence-electron chi connectivity index (χ4n) is 3.36. The van der Waals surface area contributed by atoms with Gasteiger partial charge in [-0.2, -0.15) is 0 Å². The Labute approximate surface area is 147 Å². The van der Waals surface area contributed by atoms with Crippen molar-refractivity contribution in [2.24, 2.45) is 5.92 Å². The molecule has 0 amide bonds. The van der Waals surface area contributed by atoms with Crippen molar-refractivity contribution in [1.82, 2.24) is 0 Å². The monoisotopic (exact) mass is 324 g/mol. The van der Waals surface area contributed by atoms with Gasteiger partial charge in [0.1, 0.15) is 6.29 Å². The predicted octanol–water partition coefficient (Wildman–Crippen LogP) is 7.86. The van der Waals surface area contributed by atoms with Crippen molar-refractivity contribution in [3.8, 4) is 0 Å². The van der Waals surface area contributed by atoms with Crippen molar-refractivity contribution in [2.75, 3.05) is 0 Å². The molecule has 0 aliphatic carbocycles. The number of aldehydes is 1. The first-order valence-electron chi connectivity index (χ1n) is 10.8. The van der Waals surface area contributed by atoms with Crippen LogP contribution in [0.3, 0.4) is 0 Å². The fourth-order valence-corrected chi connectivity index (χ4v) is 3.36. The van der Waals surface area contributed by atoms with Gasteiger partial charge in [-0.25, -0.2) is 0 Å². The number of carbonyl (C=O) groups is 1. The Morgan fingerprint density at radius 2 is 0.826 bits per heavy atom. The van der Waals surface area contributed by atoms with Crippen molar-refractivity contribution in [3.05, 3.63) is 0 Å². The predicted molar refractivity (Wildman–Crippen MR) is 104 cm³/mol. The maximum absolute atomic E-state index is 11.2. The summed E-state index contributed by atoms with van der Waals surface area (Å²) in [5, 5.41) is 0. The van der Waals surface area contributed by atoms with Gasteiger partial charge in [-0.3, -0.25) is 0 Å². The number of hydrogen-bond donors (Lipinski definition) is 0. The summed E-state index contributed by atoms with van der Waals surface area (Å²) in [6.07, 6.45) is 25.3. The molecule has 1 atom stereocenters. The molecule has 0 radical (unpaired) electrons. The Kier molecular flexibility index (Phi) is 19.4. The molecule has 0 spiro atoms. The smallest absolute Gasteiger partial charge is 0.123 e. The highest BCUT2D eigenvalue weighted by molar-refractivity contribution is 5.53. The number of unbranched alkanes of at least 4 members (excludes halogenated alkanes) is 14. The lowest BCUT2D eigenvalue weighted by Crippen LogP contribution is -2.02. The molecule has 1 nitrogen and oxygen atoms in total. The van der Waals surface area contributed by atoms with Crippen LogP contribution in [0.1, 0.15) is 129 Å². The van der Waals surface area contributed by atoms with Crippen LogP contribution in [0.15, 0.2) is 0 Å². The minimum atomic E-state index is 0.343. The highest BCUT2D eigenvalue weighted by Gasteiger charge is 2.06. The van der Waals surface area contributed by atoms with Gasteiger partial charge in [0.05, 0.1) is 0 Å². The Balaban J connectivity index is 3.30. The highest BCUT2D eigenvalue weighted by atomic mass is 16.1. The zero-order chi connectivity index (χ0) is 17.0.